The van der Waals surface area contributed by atoms with Gasteiger partial charge in [-0.2, -0.15) is 0 Å². The molecule has 1 rings (SSSR count). The maximum Gasteiger partial charge on any atom is 0.304 e. The van der Waals surface area contributed by atoms with Gasteiger partial charge in [0.1, 0.15) is 5.76 Å². The third-order valence-corrected chi connectivity index (χ3v) is 1.72. The van der Waals surface area contributed by atoms with Crippen LogP contribution in [0.5, 0.6) is 0 Å². The van der Waals surface area contributed by atoms with E-state index in [1.54, 1.807) is 6.07 Å². The molecule has 78 valence electrons. The van der Waals surface area contributed by atoms with Crippen molar-refractivity contribution in [3.63, 3.8) is 0 Å². The van der Waals surface area contributed by atoms with Crippen molar-refractivity contribution in [1.29, 1.82) is 0 Å². The van der Waals surface area contributed by atoms with Gasteiger partial charge in [0.2, 0.25) is 0 Å². The molecule has 1 atom stereocenters. The number of carboxylic acids is 1. The summed E-state index contributed by atoms with van der Waals surface area (Å²) in [6, 6.07) is 3.20. The molecule has 0 radical (unpaired) electrons. The summed E-state index contributed by atoms with van der Waals surface area (Å²) in [6.45, 7) is 2.22. The molecule has 0 bridgehead atoms. The van der Waals surface area contributed by atoms with Gasteiger partial charge >= 0.3 is 5.97 Å². The van der Waals surface area contributed by atoms with E-state index in [-0.39, 0.29) is 6.42 Å². The van der Waals surface area contributed by atoms with Crippen molar-refractivity contribution in [3.05, 3.63) is 17.9 Å². The molecular formula is C9H14N2O3. The second kappa shape index (κ2) is 4.66. The second-order valence-corrected chi connectivity index (χ2v) is 3.15. The van der Waals surface area contributed by atoms with E-state index < -0.39 is 12.0 Å². The average Bonchev–Trinajstić information content (AvgIpc) is 2.47. The minimum absolute atomic E-state index is 0.0489. The van der Waals surface area contributed by atoms with E-state index in [1.165, 1.54) is 0 Å². The van der Waals surface area contributed by atoms with Gasteiger partial charge in [0, 0.05) is 18.7 Å². The highest BCUT2D eigenvalue weighted by Crippen LogP contribution is 2.11. The fourth-order valence-electron chi connectivity index (χ4n) is 1.06. The first-order valence-electron chi connectivity index (χ1n) is 4.35. The van der Waals surface area contributed by atoms with Crippen LogP contribution in [0.25, 0.3) is 0 Å². The van der Waals surface area contributed by atoms with Crippen LogP contribution in [0.1, 0.15) is 12.2 Å². The lowest BCUT2D eigenvalue weighted by atomic mass is 10.2. The molecule has 5 heteroatoms. The van der Waals surface area contributed by atoms with Crippen LogP contribution in [-0.4, -0.2) is 23.7 Å². The molecule has 14 heavy (non-hydrogen) atoms. The van der Waals surface area contributed by atoms with Gasteiger partial charge in [-0.25, -0.2) is 0 Å². The van der Waals surface area contributed by atoms with E-state index in [0.717, 1.165) is 5.76 Å². The first kappa shape index (κ1) is 10.6. The molecule has 1 aromatic heterocycles. The highest BCUT2D eigenvalue weighted by Gasteiger charge is 2.08. The number of anilines is 1. The molecule has 0 aliphatic rings. The Labute approximate surface area is 81.9 Å². The first-order chi connectivity index (χ1) is 6.58. The molecule has 1 heterocycles. The summed E-state index contributed by atoms with van der Waals surface area (Å²) in [7, 11) is 0. The van der Waals surface area contributed by atoms with Crippen molar-refractivity contribution in [2.75, 3.05) is 11.9 Å². The minimum Gasteiger partial charge on any atom is -0.481 e. The Morgan fingerprint density at radius 3 is 2.93 bits per heavy atom. The first-order valence-corrected chi connectivity index (χ1v) is 4.35. The van der Waals surface area contributed by atoms with Crippen molar-refractivity contribution >= 4 is 11.9 Å². The molecule has 0 fully saturated rings. The van der Waals surface area contributed by atoms with Crippen molar-refractivity contribution in [1.82, 2.24) is 0 Å². The predicted octanol–water partition coefficient (Wildman–Crippen LogP) is 0.802. The van der Waals surface area contributed by atoms with E-state index in [1.807, 2.05) is 13.0 Å². The van der Waals surface area contributed by atoms with E-state index >= 15 is 0 Å². The number of nitrogens with two attached hydrogens (primary N) is 1. The summed E-state index contributed by atoms with van der Waals surface area (Å²) in [5.74, 6) is 0.526. The van der Waals surface area contributed by atoms with E-state index in [9.17, 15) is 4.79 Å². The summed E-state index contributed by atoms with van der Waals surface area (Å²) in [4.78, 5) is 10.3. The Morgan fingerprint density at radius 1 is 1.71 bits per heavy atom. The van der Waals surface area contributed by atoms with E-state index in [2.05, 4.69) is 5.32 Å². The number of hydrogen-bond acceptors (Lipinski definition) is 4. The highest BCUT2D eigenvalue weighted by atomic mass is 16.4. The third-order valence-electron chi connectivity index (χ3n) is 1.72. The fraction of sp³-hybridized carbons (Fsp3) is 0.444. The van der Waals surface area contributed by atoms with Crippen LogP contribution in [0.2, 0.25) is 0 Å². The maximum absolute atomic E-state index is 10.3. The van der Waals surface area contributed by atoms with Crippen LogP contribution in [0.15, 0.2) is 16.5 Å². The van der Waals surface area contributed by atoms with Gasteiger partial charge in [-0.3, -0.25) is 4.79 Å². The Bertz CT molecular complexity index is 309. The summed E-state index contributed by atoms with van der Waals surface area (Å²) in [5, 5.41) is 11.4. The fourth-order valence-corrected chi connectivity index (χ4v) is 1.06. The van der Waals surface area contributed by atoms with Gasteiger partial charge in [0.15, 0.2) is 5.88 Å². The van der Waals surface area contributed by atoms with Crippen LogP contribution in [0.3, 0.4) is 0 Å². The quantitative estimate of drug-likeness (QED) is 0.651. The zero-order chi connectivity index (χ0) is 10.6. The SMILES string of the molecule is Cc1ccc(NCC(N)CC(=O)O)o1. The average molecular weight is 198 g/mol. The maximum atomic E-state index is 10.3. The zero-order valence-electron chi connectivity index (χ0n) is 7.99. The highest BCUT2D eigenvalue weighted by molar-refractivity contribution is 5.67. The van der Waals surface area contributed by atoms with Crippen molar-refractivity contribution in [2.45, 2.75) is 19.4 Å². The molecule has 0 saturated heterocycles. The van der Waals surface area contributed by atoms with Crippen LogP contribution in [0.4, 0.5) is 5.88 Å². The molecule has 0 amide bonds. The normalized spacial score (nSPS) is 12.4. The summed E-state index contributed by atoms with van der Waals surface area (Å²) >= 11 is 0. The van der Waals surface area contributed by atoms with Gasteiger partial charge in [0.25, 0.3) is 0 Å². The minimum atomic E-state index is -0.894. The number of nitrogens with one attached hydrogen (secondary N) is 1. The van der Waals surface area contributed by atoms with Crippen LogP contribution >= 0.6 is 0 Å². The van der Waals surface area contributed by atoms with Crippen molar-refractivity contribution in [3.8, 4) is 0 Å². The van der Waals surface area contributed by atoms with Gasteiger partial charge in [-0.15, -0.1) is 0 Å². The number of carbonyl (C=O) groups is 1. The Balaban J connectivity index is 2.30. The lowest BCUT2D eigenvalue weighted by Gasteiger charge is -2.08. The van der Waals surface area contributed by atoms with Crippen molar-refractivity contribution < 1.29 is 14.3 Å². The molecule has 0 saturated carbocycles. The van der Waals surface area contributed by atoms with E-state index in [0.29, 0.717) is 12.4 Å². The summed E-state index contributed by atoms with van der Waals surface area (Å²) in [5.41, 5.74) is 5.54. The number of rotatable bonds is 5. The predicted molar refractivity (Wildman–Crippen MR) is 52.2 cm³/mol. The molecule has 5 nitrogen and oxygen atoms in total. The smallest absolute Gasteiger partial charge is 0.304 e. The molecule has 1 aromatic rings. The molecule has 4 N–H and O–H groups in total. The van der Waals surface area contributed by atoms with Crippen LogP contribution < -0.4 is 11.1 Å². The van der Waals surface area contributed by atoms with Crippen molar-refractivity contribution in [2.24, 2.45) is 5.73 Å². The number of furan rings is 1. The number of aliphatic carboxylic acids is 1. The van der Waals surface area contributed by atoms with Gasteiger partial charge in [-0.05, 0) is 13.0 Å². The summed E-state index contributed by atoms with van der Waals surface area (Å²) < 4.78 is 5.22. The van der Waals surface area contributed by atoms with Gasteiger partial charge in [-0.1, -0.05) is 0 Å². The Kier molecular flexibility index (Phi) is 3.53. The standard InChI is InChI=1S/C9H14N2O3/c1-6-2-3-8(14-6)11-5-7(10)4-9(12)13/h2-3,7,11H,4-5,10H2,1H3,(H,12,13). The Hall–Kier alpha value is -1.49. The zero-order valence-corrected chi connectivity index (χ0v) is 7.99. The van der Waals surface area contributed by atoms with Crippen LogP contribution in [0, 0.1) is 6.92 Å². The molecular weight excluding hydrogens is 184 g/mol. The lowest BCUT2D eigenvalue weighted by molar-refractivity contribution is -0.137. The molecule has 0 aromatic carbocycles. The number of hydrogen-bond donors (Lipinski definition) is 3. The molecule has 0 aliphatic carbocycles. The molecule has 0 aliphatic heterocycles. The molecule has 0 spiro atoms. The largest absolute Gasteiger partial charge is 0.481 e. The monoisotopic (exact) mass is 198 g/mol. The van der Waals surface area contributed by atoms with Crippen LogP contribution in [-0.2, 0) is 4.79 Å². The number of carboxylic acid groups (broad SMARTS) is 1. The second-order valence-electron chi connectivity index (χ2n) is 3.15. The molecule has 1 unspecified atom stereocenters. The van der Waals surface area contributed by atoms with E-state index in [4.69, 9.17) is 15.3 Å². The Morgan fingerprint density at radius 2 is 2.43 bits per heavy atom. The lowest BCUT2D eigenvalue weighted by Crippen LogP contribution is -2.31. The third kappa shape index (κ3) is 3.49. The van der Waals surface area contributed by atoms with Gasteiger partial charge in [0.05, 0.1) is 6.42 Å². The number of aryl methyl sites for hydroxylation is 1. The topological polar surface area (TPSA) is 88.5 Å². The van der Waals surface area contributed by atoms with Gasteiger partial charge < -0.3 is 20.6 Å². The summed E-state index contributed by atoms with van der Waals surface area (Å²) in [6.07, 6.45) is -0.0489.